The lowest BCUT2D eigenvalue weighted by molar-refractivity contribution is 0.355. The molecule has 0 fully saturated rings. The maximum absolute atomic E-state index is 5.12. The Morgan fingerprint density at radius 1 is 1.47 bits per heavy atom. The summed E-state index contributed by atoms with van der Waals surface area (Å²) in [4.78, 5) is 4.29. The van der Waals surface area contributed by atoms with Gasteiger partial charge in [0.25, 0.3) is 0 Å². The molecule has 0 saturated carbocycles. The highest BCUT2D eigenvalue weighted by Gasteiger charge is 2.06. The molecule has 0 aromatic carbocycles. The summed E-state index contributed by atoms with van der Waals surface area (Å²) in [6.07, 6.45) is 1.10. The summed E-state index contributed by atoms with van der Waals surface area (Å²) in [5, 5.41) is 7.23. The molecule has 1 unspecified atom stereocenters. The van der Waals surface area contributed by atoms with Gasteiger partial charge in [-0.2, -0.15) is 16.7 Å². The molecular weight excluding hydrogens is 210 g/mol. The van der Waals surface area contributed by atoms with Crippen molar-refractivity contribution in [2.45, 2.75) is 45.5 Å². The van der Waals surface area contributed by atoms with Crippen LogP contribution in [0.25, 0.3) is 0 Å². The molecule has 0 aliphatic rings. The van der Waals surface area contributed by atoms with Crippen LogP contribution in [0.2, 0.25) is 0 Å². The van der Waals surface area contributed by atoms with E-state index in [1.807, 2.05) is 0 Å². The van der Waals surface area contributed by atoms with Gasteiger partial charge in [0.2, 0.25) is 5.89 Å². The highest BCUT2D eigenvalue weighted by molar-refractivity contribution is 7.98. The van der Waals surface area contributed by atoms with Crippen molar-refractivity contribution < 1.29 is 4.52 Å². The lowest BCUT2D eigenvalue weighted by atomic mass is 10.3. The highest BCUT2D eigenvalue weighted by atomic mass is 32.2. The number of hydrogen-bond acceptors (Lipinski definition) is 5. The van der Waals surface area contributed by atoms with E-state index < -0.39 is 0 Å². The molecule has 1 atom stereocenters. The molecule has 15 heavy (non-hydrogen) atoms. The molecule has 0 bridgehead atoms. The Hall–Kier alpha value is -0.550. The number of nitrogens with one attached hydrogen (secondary N) is 1. The van der Waals surface area contributed by atoms with Crippen LogP contribution >= 0.6 is 11.8 Å². The Morgan fingerprint density at radius 3 is 2.93 bits per heavy atom. The van der Waals surface area contributed by atoms with E-state index in [-0.39, 0.29) is 0 Å². The zero-order valence-corrected chi connectivity index (χ0v) is 10.4. The van der Waals surface area contributed by atoms with Crippen LogP contribution in [0.4, 0.5) is 0 Å². The molecule has 1 rings (SSSR count). The average molecular weight is 229 g/mol. The third-order valence-electron chi connectivity index (χ3n) is 2.16. The van der Waals surface area contributed by atoms with Crippen molar-refractivity contribution in [2.24, 2.45) is 0 Å². The molecule has 0 spiro atoms. The van der Waals surface area contributed by atoms with Crippen molar-refractivity contribution >= 4 is 11.8 Å². The smallest absolute Gasteiger partial charge is 0.240 e. The topological polar surface area (TPSA) is 51.0 Å². The van der Waals surface area contributed by atoms with Gasteiger partial charge < -0.3 is 9.84 Å². The van der Waals surface area contributed by atoms with Gasteiger partial charge in [-0.3, -0.25) is 0 Å². The molecule has 0 radical (unpaired) electrons. The molecule has 0 aliphatic heterocycles. The first-order valence-corrected chi connectivity index (χ1v) is 6.54. The van der Waals surface area contributed by atoms with E-state index in [1.54, 1.807) is 11.8 Å². The van der Waals surface area contributed by atoms with E-state index in [9.17, 15) is 0 Å². The van der Waals surface area contributed by atoms with Gasteiger partial charge >= 0.3 is 0 Å². The van der Waals surface area contributed by atoms with Crippen molar-refractivity contribution in [2.75, 3.05) is 5.75 Å². The van der Waals surface area contributed by atoms with Gasteiger partial charge in [-0.15, -0.1) is 0 Å². The minimum atomic E-state index is 0.491. The maximum atomic E-state index is 5.12. The summed E-state index contributed by atoms with van der Waals surface area (Å²) in [7, 11) is 0. The zero-order chi connectivity index (χ0) is 11.1. The first kappa shape index (κ1) is 12.5. The van der Waals surface area contributed by atoms with Crippen molar-refractivity contribution in [1.29, 1.82) is 0 Å². The van der Waals surface area contributed by atoms with Gasteiger partial charge in [-0.1, -0.05) is 19.0 Å². The Labute approximate surface area is 95.2 Å². The zero-order valence-electron chi connectivity index (χ0n) is 9.62. The standard InChI is InChI=1S/C10H19N3OS/c1-4-8(3)11-6-10-12-9(13-14-10)7-15-5-2/h8,11H,4-7H2,1-3H3. The van der Waals surface area contributed by atoms with Crippen LogP contribution in [0.15, 0.2) is 4.52 Å². The SMILES string of the molecule is CCSCc1noc(CNC(C)CC)n1. The molecule has 0 amide bonds. The fourth-order valence-electron chi connectivity index (χ4n) is 1.02. The molecule has 0 saturated heterocycles. The lowest BCUT2D eigenvalue weighted by Crippen LogP contribution is -2.24. The van der Waals surface area contributed by atoms with Crippen molar-refractivity contribution in [3.8, 4) is 0 Å². The van der Waals surface area contributed by atoms with Crippen LogP contribution in [0.3, 0.4) is 0 Å². The van der Waals surface area contributed by atoms with E-state index in [0.29, 0.717) is 18.5 Å². The molecule has 1 N–H and O–H groups in total. The van der Waals surface area contributed by atoms with Crippen molar-refractivity contribution in [1.82, 2.24) is 15.5 Å². The van der Waals surface area contributed by atoms with Gasteiger partial charge in [0, 0.05) is 6.04 Å². The molecule has 1 aromatic heterocycles. The van der Waals surface area contributed by atoms with Crippen LogP contribution in [-0.4, -0.2) is 21.9 Å². The number of nitrogens with zero attached hydrogens (tertiary/aromatic N) is 2. The summed E-state index contributed by atoms with van der Waals surface area (Å²) < 4.78 is 5.12. The minimum absolute atomic E-state index is 0.491. The second-order valence-electron chi connectivity index (χ2n) is 3.43. The maximum Gasteiger partial charge on any atom is 0.240 e. The Morgan fingerprint density at radius 2 is 2.27 bits per heavy atom. The third-order valence-corrected chi connectivity index (χ3v) is 3.03. The molecule has 86 valence electrons. The third kappa shape index (κ3) is 4.66. The minimum Gasteiger partial charge on any atom is -0.338 e. The van der Waals surface area contributed by atoms with Gasteiger partial charge in [-0.25, -0.2) is 0 Å². The van der Waals surface area contributed by atoms with Crippen LogP contribution in [0.5, 0.6) is 0 Å². The lowest BCUT2D eigenvalue weighted by Gasteiger charge is -2.07. The number of hydrogen-bond donors (Lipinski definition) is 1. The molecule has 0 aliphatic carbocycles. The second-order valence-corrected chi connectivity index (χ2v) is 4.71. The predicted octanol–water partition coefficient (Wildman–Crippen LogP) is 2.21. The van der Waals surface area contributed by atoms with E-state index >= 15 is 0 Å². The van der Waals surface area contributed by atoms with Gasteiger partial charge in [0.1, 0.15) is 0 Å². The van der Waals surface area contributed by atoms with Crippen molar-refractivity contribution in [3.05, 3.63) is 11.7 Å². The largest absolute Gasteiger partial charge is 0.338 e. The summed E-state index contributed by atoms with van der Waals surface area (Å²) in [5.74, 6) is 3.39. The highest BCUT2D eigenvalue weighted by Crippen LogP contribution is 2.08. The molecular formula is C10H19N3OS. The fraction of sp³-hybridized carbons (Fsp3) is 0.800. The second kappa shape index (κ2) is 6.85. The van der Waals surface area contributed by atoms with Gasteiger partial charge in [0.05, 0.1) is 12.3 Å². The number of rotatable bonds is 7. The Kier molecular flexibility index (Phi) is 5.71. The van der Waals surface area contributed by atoms with Crippen molar-refractivity contribution in [3.63, 3.8) is 0 Å². The van der Waals surface area contributed by atoms with Gasteiger partial charge in [0.15, 0.2) is 5.82 Å². The molecule has 4 nitrogen and oxygen atoms in total. The first-order valence-electron chi connectivity index (χ1n) is 5.38. The summed E-state index contributed by atoms with van der Waals surface area (Å²) >= 11 is 1.80. The first-order chi connectivity index (χ1) is 7.26. The Balaban J connectivity index is 2.32. The molecule has 1 heterocycles. The summed E-state index contributed by atoms with van der Waals surface area (Å²) in [5.41, 5.74) is 0. The normalized spacial score (nSPS) is 13.0. The van der Waals surface area contributed by atoms with Crippen LogP contribution in [0, 0.1) is 0 Å². The monoisotopic (exact) mass is 229 g/mol. The predicted molar refractivity (Wildman–Crippen MR) is 62.7 cm³/mol. The Bertz CT molecular complexity index is 277. The van der Waals surface area contributed by atoms with Crippen LogP contribution < -0.4 is 5.32 Å². The quantitative estimate of drug-likeness (QED) is 0.777. The number of aromatic nitrogens is 2. The molecule has 5 heteroatoms. The number of thioether (sulfide) groups is 1. The van der Waals surface area contributed by atoms with Gasteiger partial charge in [-0.05, 0) is 19.1 Å². The summed E-state index contributed by atoms with van der Waals surface area (Å²) in [6, 6.07) is 0.491. The summed E-state index contributed by atoms with van der Waals surface area (Å²) in [6.45, 7) is 7.08. The van der Waals surface area contributed by atoms with E-state index in [4.69, 9.17) is 4.52 Å². The van der Waals surface area contributed by atoms with E-state index in [1.165, 1.54) is 0 Å². The van der Waals surface area contributed by atoms with Crippen LogP contribution in [-0.2, 0) is 12.3 Å². The van der Waals surface area contributed by atoms with Crippen LogP contribution in [0.1, 0.15) is 38.9 Å². The van der Waals surface area contributed by atoms with E-state index in [2.05, 4.69) is 36.2 Å². The molecule has 1 aromatic rings. The fourth-order valence-corrected chi connectivity index (χ4v) is 1.52. The average Bonchev–Trinajstić information content (AvgIpc) is 2.71. The van der Waals surface area contributed by atoms with E-state index in [0.717, 1.165) is 23.8 Å².